The third-order valence-electron chi connectivity index (χ3n) is 4.22. The molecule has 1 aromatic carbocycles. The number of ether oxygens (including phenoxy) is 1. The number of rotatable bonds is 3. The third-order valence-corrected chi connectivity index (χ3v) is 4.22. The van der Waals surface area contributed by atoms with E-state index in [1.165, 1.54) is 12.1 Å². The van der Waals surface area contributed by atoms with Gasteiger partial charge in [-0.3, -0.25) is 14.8 Å². The van der Waals surface area contributed by atoms with Gasteiger partial charge >= 0.3 is 0 Å². The van der Waals surface area contributed by atoms with Crippen molar-refractivity contribution < 1.29 is 9.66 Å². The molecule has 1 aliphatic rings. The van der Waals surface area contributed by atoms with E-state index >= 15 is 0 Å². The highest BCUT2D eigenvalue weighted by Crippen LogP contribution is 2.28. The maximum Gasteiger partial charge on any atom is 0.269 e. The molecule has 1 aliphatic heterocycles. The van der Waals surface area contributed by atoms with E-state index in [2.05, 4.69) is 15.0 Å². The topological polar surface area (TPSA) is 99.2 Å². The SMILES string of the molecule is Cn1ncc2nc(-c3ccc([N+](=O)[O-])cc3)nc(N3CCOCC3)c21. The van der Waals surface area contributed by atoms with Gasteiger partial charge in [-0.15, -0.1) is 0 Å². The number of anilines is 1. The van der Waals surface area contributed by atoms with Crippen molar-refractivity contribution in [3.05, 3.63) is 40.6 Å². The first-order valence-electron chi connectivity index (χ1n) is 7.91. The van der Waals surface area contributed by atoms with Crippen LogP contribution < -0.4 is 4.90 Å². The Bertz CT molecular complexity index is 931. The fraction of sp³-hybridized carbons (Fsp3) is 0.312. The fourth-order valence-electron chi connectivity index (χ4n) is 2.92. The maximum absolute atomic E-state index is 10.8. The quantitative estimate of drug-likeness (QED) is 0.529. The maximum atomic E-state index is 10.8. The lowest BCUT2D eigenvalue weighted by Gasteiger charge is -2.28. The highest BCUT2D eigenvalue weighted by atomic mass is 16.6. The summed E-state index contributed by atoms with van der Waals surface area (Å²) in [5, 5.41) is 15.1. The number of nitrogens with zero attached hydrogens (tertiary/aromatic N) is 6. The largest absolute Gasteiger partial charge is 0.378 e. The van der Waals surface area contributed by atoms with Gasteiger partial charge in [0.1, 0.15) is 11.0 Å². The Morgan fingerprint density at radius 1 is 1.16 bits per heavy atom. The molecule has 1 saturated heterocycles. The van der Waals surface area contributed by atoms with Gasteiger partial charge < -0.3 is 9.64 Å². The molecule has 9 nitrogen and oxygen atoms in total. The van der Waals surface area contributed by atoms with Crippen molar-refractivity contribution >= 4 is 22.5 Å². The minimum absolute atomic E-state index is 0.0413. The van der Waals surface area contributed by atoms with Gasteiger partial charge in [-0.25, -0.2) is 9.97 Å². The van der Waals surface area contributed by atoms with E-state index in [-0.39, 0.29) is 5.69 Å². The van der Waals surface area contributed by atoms with E-state index in [1.807, 2.05) is 7.05 Å². The van der Waals surface area contributed by atoms with Crippen molar-refractivity contribution in [2.24, 2.45) is 7.05 Å². The van der Waals surface area contributed by atoms with Gasteiger partial charge in [0.05, 0.1) is 24.3 Å². The Balaban J connectivity index is 1.83. The monoisotopic (exact) mass is 340 g/mol. The summed E-state index contributed by atoms with van der Waals surface area (Å²) >= 11 is 0. The van der Waals surface area contributed by atoms with Crippen LogP contribution in [-0.2, 0) is 11.8 Å². The van der Waals surface area contributed by atoms with Crippen molar-refractivity contribution in [1.29, 1.82) is 0 Å². The predicted molar refractivity (Wildman–Crippen MR) is 91.4 cm³/mol. The zero-order valence-electron chi connectivity index (χ0n) is 13.6. The third kappa shape index (κ3) is 2.78. The molecule has 128 valence electrons. The van der Waals surface area contributed by atoms with Crippen molar-refractivity contribution in [1.82, 2.24) is 19.7 Å². The molecular weight excluding hydrogens is 324 g/mol. The average molecular weight is 340 g/mol. The van der Waals surface area contributed by atoms with E-state index in [4.69, 9.17) is 9.72 Å². The standard InChI is InChI=1S/C16H16N6O3/c1-20-14-13(10-17-20)18-15(11-2-4-12(5-3-11)22(23)24)19-16(14)21-6-8-25-9-7-21/h2-5,10H,6-9H2,1H3. The number of non-ortho nitro benzene ring substituents is 1. The summed E-state index contributed by atoms with van der Waals surface area (Å²) in [4.78, 5) is 21.9. The molecular formula is C16H16N6O3. The summed E-state index contributed by atoms with van der Waals surface area (Å²) in [5.41, 5.74) is 2.38. The normalized spacial score (nSPS) is 14.8. The minimum Gasteiger partial charge on any atom is -0.378 e. The second kappa shape index (κ2) is 6.10. The Morgan fingerprint density at radius 3 is 2.56 bits per heavy atom. The highest BCUT2D eigenvalue weighted by Gasteiger charge is 2.20. The number of fused-ring (bicyclic) bond motifs is 1. The van der Waals surface area contributed by atoms with Crippen LogP contribution in [0.4, 0.5) is 11.5 Å². The number of aryl methyl sites for hydroxylation is 1. The molecule has 0 amide bonds. The van der Waals surface area contributed by atoms with Crippen molar-refractivity contribution in [2.75, 3.05) is 31.2 Å². The van der Waals surface area contributed by atoms with Crippen LogP contribution in [0.2, 0.25) is 0 Å². The predicted octanol–water partition coefficient (Wildman–Crippen LogP) is 1.78. The molecule has 1 fully saturated rings. The molecule has 0 saturated carbocycles. The van der Waals surface area contributed by atoms with E-state index in [0.717, 1.165) is 35.5 Å². The van der Waals surface area contributed by atoms with Gasteiger partial charge in [0.15, 0.2) is 11.6 Å². The number of morpholine rings is 1. The van der Waals surface area contributed by atoms with Crippen LogP contribution in [0.5, 0.6) is 0 Å². The van der Waals surface area contributed by atoms with E-state index in [1.54, 1.807) is 23.0 Å². The Labute approximate surface area is 143 Å². The lowest BCUT2D eigenvalue weighted by atomic mass is 10.2. The molecule has 4 rings (SSSR count). The minimum atomic E-state index is -0.423. The molecule has 0 aliphatic carbocycles. The van der Waals surface area contributed by atoms with Gasteiger partial charge in [-0.1, -0.05) is 0 Å². The number of hydrogen-bond donors (Lipinski definition) is 0. The number of benzene rings is 1. The summed E-state index contributed by atoms with van der Waals surface area (Å²) in [7, 11) is 1.86. The first-order chi connectivity index (χ1) is 12.1. The Hall–Kier alpha value is -3.07. The zero-order chi connectivity index (χ0) is 17.4. The lowest BCUT2D eigenvalue weighted by Crippen LogP contribution is -2.37. The van der Waals surface area contributed by atoms with Crippen molar-refractivity contribution in [3.8, 4) is 11.4 Å². The van der Waals surface area contributed by atoms with E-state index in [0.29, 0.717) is 19.0 Å². The first-order valence-corrected chi connectivity index (χ1v) is 7.91. The summed E-state index contributed by atoms with van der Waals surface area (Å²) in [6.07, 6.45) is 1.70. The summed E-state index contributed by atoms with van der Waals surface area (Å²) in [5.74, 6) is 1.33. The zero-order valence-corrected chi connectivity index (χ0v) is 13.6. The van der Waals surface area contributed by atoms with Crippen LogP contribution in [0.3, 0.4) is 0 Å². The number of nitro benzene ring substituents is 1. The number of nitro groups is 1. The van der Waals surface area contributed by atoms with Crippen LogP contribution in [0.25, 0.3) is 22.4 Å². The molecule has 3 heterocycles. The van der Waals surface area contributed by atoms with E-state index in [9.17, 15) is 10.1 Å². The summed E-state index contributed by atoms with van der Waals surface area (Å²) in [6, 6.07) is 6.25. The van der Waals surface area contributed by atoms with Gasteiger partial charge in [0, 0.05) is 37.8 Å². The number of hydrogen-bond acceptors (Lipinski definition) is 7. The number of aromatic nitrogens is 4. The smallest absolute Gasteiger partial charge is 0.269 e. The van der Waals surface area contributed by atoms with Gasteiger partial charge in [0.2, 0.25) is 0 Å². The van der Waals surface area contributed by atoms with Crippen LogP contribution in [0, 0.1) is 10.1 Å². The highest BCUT2D eigenvalue weighted by molar-refractivity contribution is 5.87. The van der Waals surface area contributed by atoms with Gasteiger partial charge in [-0.05, 0) is 12.1 Å². The van der Waals surface area contributed by atoms with Crippen LogP contribution in [0.15, 0.2) is 30.5 Å². The Kier molecular flexibility index (Phi) is 3.77. The first kappa shape index (κ1) is 15.5. The van der Waals surface area contributed by atoms with Crippen LogP contribution in [0.1, 0.15) is 0 Å². The molecule has 0 N–H and O–H groups in total. The average Bonchev–Trinajstić information content (AvgIpc) is 3.03. The summed E-state index contributed by atoms with van der Waals surface area (Å²) < 4.78 is 7.19. The molecule has 0 radical (unpaired) electrons. The van der Waals surface area contributed by atoms with Crippen molar-refractivity contribution in [3.63, 3.8) is 0 Å². The van der Waals surface area contributed by atoms with Gasteiger partial charge in [-0.2, -0.15) is 5.10 Å². The Morgan fingerprint density at radius 2 is 1.88 bits per heavy atom. The molecule has 0 atom stereocenters. The molecule has 0 unspecified atom stereocenters. The fourth-order valence-corrected chi connectivity index (χ4v) is 2.92. The molecule has 2 aromatic heterocycles. The van der Waals surface area contributed by atoms with Crippen LogP contribution in [-0.4, -0.2) is 51.0 Å². The van der Waals surface area contributed by atoms with Gasteiger partial charge in [0.25, 0.3) is 5.69 Å². The molecule has 25 heavy (non-hydrogen) atoms. The lowest BCUT2D eigenvalue weighted by molar-refractivity contribution is -0.384. The van der Waals surface area contributed by atoms with Crippen molar-refractivity contribution in [2.45, 2.75) is 0 Å². The summed E-state index contributed by atoms with van der Waals surface area (Å²) in [6.45, 7) is 2.79. The van der Waals surface area contributed by atoms with E-state index < -0.39 is 4.92 Å². The molecule has 0 bridgehead atoms. The second-order valence-corrected chi connectivity index (χ2v) is 5.78. The molecule has 9 heteroatoms. The second-order valence-electron chi connectivity index (χ2n) is 5.78. The molecule has 3 aromatic rings. The van der Waals surface area contributed by atoms with Crippen LogP contribution >= 0.6 is 0 Å². The molecule has 0 spiro atoms.